The topological polar surface area (TPSA) is 118 Å². The minimum atomic E-state index is -0.533. The van der Waals surface area contributed by atoms with Gasteiger partial charge in [-0.3, -0.25) is 9.59 Å². The molecule has 0 saturated heterocycles. The van der Waals surface area contributed by atoms with Crippen molar-refractivity contribution >= 4 is 28.2 Å². The molecule has 0 bridgehead atoms. The predicted molar refractivity (Wildman–Crippen MR) is 101 cm³/mol. The van der Waals surface area contributed by atoms with E-state index in [-0.39, 0.29) is 11.4 Å². The molecule has 0 fully saturated rings. The maximum Gasteiger partial charge on any atom is 0.278 e. The fourth-order valence-electron chi connectivity index (χ4n) is 3.23. The van der Waals surface area contributed by atoms with Crippen molar-refractivity contribution in [1.82, 2.24) is 5.16 Å². The first-order chi connectivity index (χ1) is 13.0. The van der Waals surface area contributed by atoms with E-state index in [1.165, 1.54) is 29.5 Å². The van der Waals surface area contributed by atoms with Crippen LogP contribution in [-0.4, -0.2) is 22.1 Å². The summed E-state index contributed by atoms with van der Waals surface area (Å²) < 4.78 is 5.23. The average molecular weight is 383 g/mol. The zero-order valence-electron chi connectivity index (χ0n) is 14.3. The van der Waals surface area contributed by atoms with Crippen molar-refractivity contribution in [1.29, 1.82) is 0 Å². The number of anilines is 1. The van der Waals surface area contributed by atoms with Gasteiger partial charge in [-0.1, -0.05) is 5.16 Å². The van der Waals surface area contributed by atoms with Crippen molar-refractivity contribution < 1.29 is 19.2 Å². The highest BCUT2D eigenvalue weighted by Gasteiger charge is 2.26. The summed E-state index contributed by atoms with van der Waals surface area (Å²) in [5.74, 6) is -0.461. The second-order valence-electron chi connectivity index (χ2n) is 6.36. The summed E-state index contributed by atoms with van der Waals surface area (Å²) in [4.78, 5) is 25.6. The van der Waals surface area contributed by atoms with Gasteiger partial charge in [0.15, 0.2) is 11.5 Å². The molecule has 4 N–H and O–H groups in total. The van der Waals surface area contributed by atoms with Crippen molar-refractivity contribution in [3.63, 3.8) is 0 Å². The van der Waals surface area contributed by atoms with Crippen molar-refractivity contribution in [3.8, 4) is 17.1 Å². The fourth-order valence-corrected chi connectivity index (χ4v) is 4.52. The number of nitrogens with two attached hydrogens (primary N) is 1. The smallest absolute Gasteiger partial charge is 0.278 e. The summed E-state index contributed by atoms with van der Waals surface area (Å²) >= 11 is 1.40. The molecule has 0 spiro atoms. The SMILES string of the molecule is NC(=O)c1c(NC(=O)c2cc(-c3ccc(O)cc3)on2)sc2c1CCCC2. The number of fused-ring (bicyclic) bond motifs is 1. The van der Waals surface area contributed by atoms with Gasteiger partial charge in [0.1, 0.15) is 10.8 Å². The lowest BCUT2D eigenvalue weighted by atomic mass is 9.95. The molecule has 27 heavy (non-hydrogen) atoms. The van der Waals surface area contributed by atoms with Crippen molar-refractivity contribution in [2.75, 3.05) is 5.32 Å². The van der Waals surface area contributed by atoms with Crippen LogP contribution in [0.3, 0.4) is 0 Å². The van der Waals surface area contributed by atoms with E-state index in [4.69, 9.17) is 10.3 Å². The maximum atomic E-state index is 12.6. The van der Waals surface area contributed by atoms with Crippen molar-refractivity contribution in [3.05, 3.63) is 52.0 Å². The predicted octanol–water partition coefficient (Wildman–Crippen LogP) is 3.34. The number of nitrogens with one attached hydrogen (secondary N) is 1. The Morgan fingerprint density at radius 1 is 1.19 bits per heavy atom. The highest BCUT2D eigenvalue weighted by molar-refractivity contribution is 7.17. The Kier molecular flexibility index (Phi) is 4.41. The quantitative estimate of drug-likeness (QED) is 0.638. The molecular formula is C19H17N3O4S. The molecule has 0 saturated carbocycles. The number of amides is 2. The third kappa shape index (κ3) is 3.31. The molecule has 1 aliphatic rings. The van der Waals surface area contributed by atoms with Gasteiger partial charge in [-0.2, -0.15) is 0 Å². The Hall–Kier alpha value is -3.13. The van der Waals surface area contributed by atoms with E-state index in [0.717, 1.165) is 36.1 Å². The molecular weight excluding hydrogens is 366 g/mol. The second kappa shape index (κ2) is 6.88. The van der Waals surface area contributed by atoms with Crippen LogP contribution in [0.5, 0.6) is 5.75 Å². The molecule has 2 heterocycles. The monoisotopic (exact) mass is 383 g/mol. The van der Waals surface area contributed by atoms with E-state index in [2.05, 4.69) is 10.5 Å². The number of carbonyl (C=O) groups excluding carboxylic acids is 2. The van der Waals surface area contributed by atoms with Gasteiger partial charge < -0.3 is 20.7 Å². The van der Waals surface area contributed by atoms with E-state index >= 15 is 0 Å². The zero-order chi connectivity index (χ0) is 19.0. The summed E-state index contributed by atoms with van der Waals surface area (Å²) in [5, 5.41) is 16.4. The number of aromatic nitrogens is 1. The molecule has 2 amide bonds. The van der Waals surface area contributed by atoms with Gasteiger partial charge in [-0.25, -0.2) is 0 Å². The number of hydrogen-bond donors (Lipinski definition) is 3. The van der Waals surface area contributed by atoms with E-state index in [1.807, 2.05) is 0 Å². The number of aromatic hydroxyl groups is 1. The van der Waals surface area contributed by atoms with Crippen LogP contribution in [0.2, 0.25) is 0 Å². The van der Waals surface area contributed by atoms with E-state index in [9.17, 15) is 14.7 Å². The number of aryl methyl sites for hydroxylation is 1. The highest BCUT2D eigenvalue weighted by Crippen LogP contribution is 2.38. The molecule has 2 aromatic heterocycles. The Balaban J connectivity index is 1.59. The number of nitrogens with zero attached hydrogens (tertiary/aromatic N) is 1. The largest absolute Gasteiger partial charge is 0.508 e. The van der Waals surface area contributed by atoms with Gasteiger partial charge >= 0.3 is 0 Å². The summed E-state index contributed by atoms with van der Waals surface area (Å²) in [6.07, 6.45) is 3.77. The normalized spacial score (nSPS) is 13.2. The molecule has 4 rings (SSSR count). The fraction of sp³-hybridized carbons (Fsp3) is 0.211. The lowest BCUT2D eigenvalue weighted by molar-refractivity contribution is 0.100. The van der Waals surface area contributed by atoms with Gasteiger partial charge in [0.25, 0.3) is 11.8 Å². The van der Waals surface area contributed by atoms with Crippen LogP contribution < -0.4 is 11.1 Å². The van der Waals surface area contributed by atoms with Crippen molar-refractivity contribution in [2.24, 2.45) is 5.73 Å². The molecule has 0 unspecified atom stereocenters. The number of phenolic OH excluding ortho intramolecular Hbond substituents is 1. The van der Waals surface area contributed by atoms with Crippen molar-refractivity contribution in [2.45, 2.75) is 25.7 Å². The third-order valence-electron chi connectivity index (χ3n) is 4.54. The Bertz CT molecular complexity index is 1020. The van der Waals surface area contributed by atoms with Crippen LogP contribution in [0.25, 0.3) is 11.3 Å². The molecule has 138 valence electrons. The van der Waals surface area contributed by atoms with E-state index < -0.39 is 11.8 Å². The molecule has 0 atom stereocenters. The molecule has 0 radical (unpaired) electrons. The lowest BCUT2D eigenvalue weighted by Gasteiger charge is -2.11. The van der Waals surface area contributed by atoms with Crippen LogP contribution in [0.4, 0.5) is 5.00 Å². The molecule has 0 aliphatic heterocycles. The van der Waals surface area contributed by atoms with Gasteiger partial charge in [0, 0.05) is 16.5 Å². The van der Waals surface area contributed by atoms with Gasteiger partial charge in [-0.15, -0.1) is 11.3 Å². The number of primary amides is 1. The number of hydrogen-bond acceptors (Lipinski definition) is 6. The number of rotatable bonds is 4. The first-order valence-electron chi connectivity index (χ1n) is 8.54. The first kappa shape index (κ1) is 17.3. The van der Waals surface area contributed by atoms with Crippen LogP contribution >= 0.6 is 11.3 Å². The Labute approximate surface area is 158 Å². The minimum Gasteiger partial charge on any atom is -0.508 e. The van der Waals surface area contributed by atoms with Crippen LogP contribution in [0.1, 0.15) is 44.1 Å². The highest BCUT2D eigenvalue weighted by atomic mass is 32.1. The molecule has 8 heteroatoms. The number of thiophene rings is 1. The summed E-state index contributed by atoms with van der Waals surface area (Å²) in [7, 11) is 0. The average Bonchev–Trinajstić information content (AvgIpc) is 3.26. The number of carbonyl (C=O) groups is 2. The summed E-state index contributed by atoms with van der Waals surface area (Å²) in [6, 6.07) is 7.88. The number of phenols is 1. The van der Waals surface area contributed by atoms with Crippen LogP contribution in [0, 0.1) is 0 Å². The Morgan fingerprint density at radius 2 is 1.93 bits per heavy atom. The summed E-state index contributed by atoms with van der Waals surface area (Å²) in [6.45, 7) is 0. The maximum absolute atomic E-state index is 12.6. The molecule has 3 aromatic rings. The van der Waals surface area contributed by atoms with Gasteiger partial charge in [-0.05, 0) is 55.5 Å². The molecule has 7 nitrogen and oxygen atoms in total. The van der Waals surface area contributed by atoms with Gasteiger partial charge in [0.05, 0.1) is 5.56 Å². The van der Waals surface area contributed by atoms with E-state index in [0.29, 0.717) is 21.9 Å². The third-order valence-corrected chi connectivity index (χ3v) is 5.75. The summed E-state index contributed by atoms with van der Waals surface area (Å²) in [5.41, 5.74) is 7.70. The molecule has 1 aliphatic carbocycles. The minimum absolute atomic E-state index is 0.0971. The van der Waals surface area contributed by atoms with Crippen LogP contribution in [-0.2, 0) is 12.8 Å². The van der Waals surface area contributed by atoms with Crippen LogP contribution in [0.15, 0.2) is 34.9 Å². The molecule has 1 aromatic carbocycles. The lowest BCUT2D eigenvalue weighted by Crippen LogP contribution is -2.18. The second-order valence-corrected chi connectivity index (χ2v) is 7.46. The Morgan fingerprint density at radius 3 is 2.67 bits per heavy atom. The van der Waals surface area contributed by atoms with E-state index in [1.54, 1.807) is 12.1 Å². The number of benzene rings is 1. The first-order valence-corrected chi connectivity index (χ1v) is 9.36. The standard InChI is InChI=1S/C19H17N3O4S/c20-17(24)16-12-3-1-2-4-15(12)27-19(16)21-18(25)13-9-14(26-22-13)10-5-7-11(23)8-6-10/h5-9,23H,1-4H2,(H2,20,24)(H,21,25). The van der Waals surface area contributed by atoms with Gasteiger partial charge in [0.2, 0.25) is 0 Å². The zero-order valence-corrected chi connectivity index (χ0v) is 15.1.